The molecule has 1 aliphatic heterocycles. The van der Waals surface area contributed by atoms with E-state index in [0.717, 1.165) is 31.8 Å². The number of nitrogen functional groups attached to an aromatic ring is 1. The standard InChI is InChI=1S/C13H18N2O3/c1-9-8-15(5-2-6-18-9)12-7-10(13(16)17)3-4-11(12)14/h3-4,7,9H,2,5-6,8,14H2,1H3,(H,16,17). The molecule has 0 spiro atoms. The number of nitrogens with zero attached hydrogens (tertiary/aromatic N) is 1. The minimum Gasteiger partial charge on any atom is -0.478 e. The number of hydrogen-bond donors (Lipinski definition) is 2. The van der Waals surface area contributed by atoms with E-state index in [4.69, 9.17) is 15.6 Å². The first-order chi connectivity index (χ1) is 8.58. The van der Waals surface area contributed by atoms with Gasteiger partial charge in [-0.2, -0.15) is 0 Å². The molecule has 1 aromatic carbocycles. The Labute approximate surface area is 106 Å². The van der Waals surface area contributed by atoms with Crippen molar-refractivity contribution in [2.24, 2.45) is 0 Å². The van der Waals surface area contributed by atoms with Crippen molar-refractivity contribution in [2.75, 3.05) is 30.3 Å². The summed E-state index contributed by atoms with van der Waals surface area (Å²) in [7, 11) is 0. The van der Waals surface area contributed by atoms with Crippen molar-refractivity contribution in [3.8, 4) is 0 Å². The molecule has 0 radical (unpaired) electrons. The highest BCUT2D eigenvalue weighted by atomic mass is 16.5. The summed E-state index contributed by atoms with van der Waals surface area (Å²) in [6, 6.07) is 4.81. The summed E-state index contributed by atoms with van der Waals surface area (Å²) in [6.45, 7) is 4.30. The van der Waals surface area contributed by atoms with Gasteiger partial charge in [-0.15, -0.1) is 0 Å². The normalized spacial score (nSPS) is 20.5. The van der Waals surface area contributed by atoms with Crippen LogP contribution < -0.4 is 10.6 Å². The monoisotopic (exact) mass is 250 g/mol. The molecule has 1 saturated heterocycles. The van der Waals surface area contributed by atoms with E-state index in [1.165, 1.54) is 6.07 Å². The third-order valence-corrected chi connectivity index (χ3v) is 3.07. The van der Waals surface area contributed by atoms with Gasteiger partial charge in [0.1, 0.15) is 0 Å². The smallest absolute Gasteiger partial charge is 0.335 e. The van der Waals surface area contributed by atoms with Crippen LogP contribution in [0.1, 0.15) is 23.7 Å². The van der Waals surface area contributed by atoms with E-state index in [-0.39, 0.29) is 11.7 Å². The lowest BCUT2D eigenvalue weighted by molar-refractivity contribution is 0.0697. The number of nitrogens with two attached hydrogens (primary N) is 1. The molecule has 2 rings (SSSR count). The van der Waals surface area contributed by atoms with E-state index in [0.29, 0.717) is 5.69 Å². The number of rotatable bonds is 2. The first-order valence-electron chi connectivity index (χ1n) is 6.07. The fourth-order valence-electron chi connectivity index (χ4n) is 2.16. The van der Waals surface area contributed by atoms with Gasteiger partial charge in [-0.1, -0.05) is 0 Å². The average molecular weight is 250 g/mol. The summed E-state index contributed by atoms with van der Waals surface area (Å²) in [5, 5.41) is 9.02. The van der Waals surface area contributed by atoms with Crippen molar-refractivity contribution in [1.29, 1.82) is 0 Å². The van der Waals surface area contributed by atoms with Crippen molar-refractivity contribution >= 4 is 17.3 Å². The molecule has 1 aromatic rings. The van der Waals surface area contributed by atoms with Crippen LogP contribution in [0, 0.1) is 0 Å². The summed E-state index contributed by atoms with van der Waals surface area (Å²) in [6.07, 6.45) is 1.04. The summed E-state index contributed by atoms with van der Waals surface area (Å²) >= 11 is 0. The molecule has 1 heterocycles. The minimum atomic E-state index is -0.935. The van der Waals surface area contributed by atoms with Gasteiger partial charge < -0.3 is 20.5 Å². The lowest BCUT2D eigenvalue weighted by Gasteiger charge is -2.26. The Bertz CT molecular complexity index is 448. The molecular weight excluding hydrogens is 232 g/mol. The zero-order valence-electron chi connectivity index (χ0n) is 10.4. The van der Waals surface area contributed by atoms with E-state index in [1.54, 1.807) is 12.1 Å². The summed E-state index contributed by atoms with van der Waals surface area (Å²) in [5.74, 6) is -0.935. The molecule has 18 heavy (non-hydrogen) atoms. The first-order valence-corrected chi connectivity index (χ1v) is 6.07. The Hall–Kier alpha value is -1.75. The van der Waals surface area contributed by atoms with Crippen LogP contribution in [-0.2, 0) is 4.74 Å². The molecule has 0 bridgehead atoms. The molecule has 0 saturated carbocycles. The second-order valence-corrected chi connectivity index (χ2v) is 4.56. The van der Waals surface area contributed by atoms with Crippen molar-refractivity contribution in [2.45, 2.75) is 19.4 Å². The summed E-state index contributed by atoms with van der Waals surface area (Å²) in [5.41, 5.74) is 7.59. The van der Waals surface area contributed by atoms with Crippen LogP contribution in [0.3, 0.4) is 0 Å². The van der Waals surface area contributed by atoms with Crippen molar-refractivity contribution in [3.05, 3.63) is 23.8 Å². The Morgan fingerprint density at radius 3 is 3.06 bits per heavy atom. The van der Waals surface area contributed by atoms with Gasteiger partial charge in [0.25, 0.3) is 0 Å². The molecule has 0 aromatic heterocycles. The third kappa shape index (κ3) is 2.73. The Kier molecular flexibility index (Phi) is 3.72. The van der Waals surface area contributed by atoms with Gasteiger partial charge in [0.05, 0.1) is 23.0 Å². The number of carboxylic acid groups (broad SMARTS) is 1. The topological polar surface area (TPSA) is 75.8 Å². The Balaban J connectivity index is 2.30. The van der Waals surface area contributed by atoms with E-state index < -0.39 is 5.97 Å². The van der Waals surface area contributed by atoms with Gasteiger partial charge >= 0.3 is 5.97 Å². The molecule has 1 fully saturated rings. The largest absolute Gasteiger partial charge is 0.478 e. The lowest BCUT2D eigenvalue weighted by atomic mass is 10.1. The van der Waals surface area contributed by atoms with Crippen LogP contribution in [-0.4, -0.2) is 36.9 Å². The fourth-order valence-corrected chi connectivity index (χ4v) is 2.16. The van der Waals surface area contributed by atoms with E-state index >= 15 is 0 Å². The second kappa shape index (κ2) is 5.27. The molecule has 98 valence electrons. The second-order valence-electron chi connectivity index (χ2n) is 4.56. The lowest BCUT2D eigenvalue weighted by Crippen LogP contribution is -2.30. The molecule has 1 aliphatic rings. The Morgan fingerprint density at radius 2 is 2.33 bits per heavy atom. The van der Waals surface area contributed by atoms with Crippen LogP contribution in [0.25, 0.3) is 0 Å². The van der Waals surface area contributed by atoms with Crippen molar-refractivity contribution < 1.29 is 14.6 Å². The number of hydrogen-bond acceptors (Lipinski definition) is 4. The maximum atomic E-state index is 11.0. The minimum absolute atomic E-state index is 0.125. The van der Waals surface area contributed by atoms with E-state index in [9.17, 15) is 4.79 Å². The maximum absolute atomic E-state index is 11.0. The fraction of sp³-hybridized carbons (Fsp3) is 0.462. The number of carbonyl (C=O) groups is 1. The predicted molar refractivity (Wildman–Crippen MR) is 70.1 cm³/mol. The van der Waals surface area contributed by atoms with Crippen molar-refractivity contribution in [1.82, 2.24) is 0 Å². The third-order valence-electron chi connectivity index (χ3n) is 3.07. The average Bonchev–Trinajstić information content (AvgIpc) is 2.54. The highest BCUT2D eigenvalue weighted by molar-refractivity contribution is 5.90. The highest BCUT2D eigenvalue weighted by Crippen LogP contribution is 2.26. The van der Waals surface area contributed by atoms with Gasteiger partial charge in [-0.25, -0.2) is 4.79 Å². The molecule has 1 unspecified atom stereocenters. The molecular formula is C13H18N2O3. The summed E-state index contributed by atoms with van der Waals surface area (Å²) < 4.78 is 5.57. The van der Waals surface area contributed by atoms with Crippen molar-refractivity contribution in [3.63, 3.8) is 0 Å². The molecule has 0 aliphatic carbocycles. The number of benzene rings is 1. The Morgan fingerprint density at radius 1 is 1.56 bits per heavy atom. The number of ether oxygens (including phenoxy) is 1. The van der Waals surface area contributed by atoms with Crippen LogP contribution in [0.15, 0.2) is 18.2 Å². The molecule has 5 heteroatoms. The molecule has 3 N–H and O–H groups in total. The van der Waals surface area contributed by atoms with Gasteiger partial charge in [-0.05, 0) is 31.5 Å². The quantitative estimate of drug-likeness (QED) is 0.779. The maximum Gasteiger partial charge on any atom is 0.335 e. The number of aromatic carboxylic acids is 1. The first kappa shape index (κ1) is 12.7. The van der Waals surface area contributed by atoms with Gasteiger partial charge in [-0.3, -0.25) is 0 Å². The predicted octanol–water partition coefficient (Wildman–Crippen LogP) is 1.58. The zero-order valence-corrected chi connectivity index (χ0v) is 10.4. The van der Waals surface area contributed by atoms with E-state index in [2.05, 4.69) is 4.90 Å². The number of anilines is 2. The van der Waals surface area contributed by atoms with Crippen LogP contribution in [0.2, 0.25) is 0 Å². The molecule has 5 nitrogen and oxygen atoms in total. The summed E-state index contributed by atoms with van der Waals surface area (Å²) in [4.78, 5) is 13.1. The van der Waals surface area contributed by atoms with Gasteiger partial charge in [0.2, 0.25) is 0 Å². The van der Waals surface area contributed by atoms with Crippen LogP contribution in [0.5, 0.6) is 0 Å². The SMILES string of the molecule is CC1CN(c2cc(C(=O)O)ccc2N)CCCO1. The van der Waals surface area contributed by atoms with Crippen LogP contribution in [0.4, 0.5) is 11.4 Å². The molecule has 1 atom stereocenters. The van der Waals surface area contributed by atoms with Gasteiger partial charge in [0.15, 0.2) is 0 Å². The molecule has 0 amide bonds. The highest BCUT2D eigenvalue weighted by Gasteiger charge is 2.18. The zero-order chi connectivity index (χ0) is 13.1. The van der Waals surface area contributed by atoms with Gasteiger partial charge in [0, 0.05) is 19.7 Å². The number of carboxylic acids is 1. The van der Waals surface area contributed by atoms with E-state index in [1.807, 2.05) is 6.92 Å². The van der Waals surface area contributed by atoms with Crippen LogP contribution >= 0.6 is 0 Å².